The van der Waals surface area contributed by atoms with E-state index in [1.165, 1.54) is 11.0 Å². The largest absolute Gasteiger partial charge is 0.573 e. The van der Waals surface area contributed by atoms with Crippen LogP contribution in [0.25, 0.3) is 0 Å². The van der Waals surface area contributed by atoms with Crippen LogP contribution in [0.15, 0.2) is 24.3 Å². The zero-order valence-corrected chi connectivity index (χ0v) is 17.5. The first kappa shape index (κ1) is 22.8. The molecule has 10 heteroatoms. The average Bonchev–Trinajstić information content (AvgIpc) is 3.55. The number of hydrogen-bond donors (Lipinski definition) is 0. The molecule has 4 rings (SSSR count). The summed E-state index contributed by atoms with van der Waals surface area (Å²) in [6.07, 6.45) is -4.31. The second kappa shape index (κ2) is 8.54. The number of halogens is 5. The molecule has 0 N–H and O–H groups in total. The maximum atomic E-state index is 15.2. The summed E-state index contributed by atoms with van der Waals surface area (Å²) < 4.78 is 76.8. The number of nitriles is 1. The van der Waals surface area contributed by atoms with Crippen LogP contribution < -0.4 is 9.64 Å². The topological polar surface area (TPSA) is 62.6 Å². The molecule has 1 aliphatic carbocycles. The summed E-state index contributed by atoms with van der Waals surface area (Å²) in [5.74, 6) is -3.07. The van der Waals surface area contributed by atoms with Crippen LogP contribution >= 0.6 is 0 Å². The third-order valence-electron chi connectivity index (χ3n) is 5.86. The van der Waals surface area contributed by atoms with Gasteiger partial charge >= 0.3 is 12.3 Å². The van der Waals surface area contributed by atoms with Gasteiger partial charge in [-0.1, -0.05) is 12.1 Å². The molecule has 0 aromatic heterocycles. The van der Waals surface area contributed by atoms with Crippen LogP contribution in [0.1, 0.15) is 41.5 Å². The fourth-order valence-electron chi connectivity index (χ4n) is 4.26. The van der Waals surface area contributed by atoms with Crippen LogP contribution in [0.5, 0.6) is 5.75 Å². The minimum Gasteiger partial charge on any atom is -0.466 e. The number of alkyl halides is 3. The lowest BCUT2D eigenvalue weighted by Crippen LogP contribution is -2.32. The zero-order chi connectivity index (χ0) is 23.9. The summed E-state index contributed by atoms with van der Waals surface area (Å²) in [7, 11) is 0. The van der Waals surface area contributed by atoms with Gasteiger partial charge in [-0.2, -0.15) is 5.26 Å². The number of esters is 1. The zero-order valence-electron chi connectivity index (χ0n) is 17.5. The highest BCUT2D eigenvalue weighted by Gasteiger charge is 2.47. The van der Waals surface area contributed by atoms with Crippen LogP contribution in [0.4, 0.5) is 27.6 Å². The molecule has 2 atom stereocenters. The van der Waals surface area contributed by atoms with Crippen molar-refractivity contribution in [3.05, 3.63) is 58.2 Å². The molecule has 0 saturated heterocycles. The number of benzene rings is 2. The number of carbonyl (C=O) groups excluding carboxylic acids is 1. The maximum Gasteiger partial charge on any atom is 0.573 e. The molecule has 0 radical (unpaired) electrons. The smallest absolute Gasteiger partial charge is 0.466 e. The number of rotatable bonds is 5. The lowest BCUT2D eigenvalue weighted by molar-refractivity contribution is -0.274. The van der Waals surface area contributed by atoms with Crippen LogP contribution in [0, 0.1) is 28.9 Å². The van der Waals surface area contributed by atoms with Crippen molar-refractivity contribution in [1.29, 1.82) is 5.26 Å². The van der Waals surface area contributed by atoms with Crippen LogP contribution in [0.3, 0.4) is 0 Å². The molecule has 1 fully saturated rings. The first-order valence-electron chi connectivity index (χ1n) is 10.3. The molecule has 2 aromatic rings. The van der Waals surface area contributed by atoms with Crippen LogP contribution in [-0.4, -0.2) is 25.5 Å². The fraction of sp³-hybridized carbons (Fsp3) is 0.391. The summed E-state index contributed by atoms with van der Waals surface area (Å²) in [6.45, 7) is 2.12. The minimum absolute atomic E-state index is 0.0375. The Kier molecular flexibility index (Phi) is 5.91. The quantitative estimate of drug-likeness (QED) is 0.460. The second-order valence-electron chi connectivity index (χ2n) is 7.94. The highest BCUT2D eigenvalue weighted by molar-refractivity contribution is 5.77. The van der Waals surface area contributed by atoms with Gasteiger partial charge in [0, 0.05) is 31.1 Å². The maximum absolute atomic E-state index is 15.2. The number of hydrogen-bond acceptors (Lipinski definition) is 5. The first-order chi connectivity index (χ1) is 15.6. The Hall–Kier alpha value is -3.35. The molecule has 1 heterocycles. The molecule has 33 heavy (non-hydrogen) atoms. The van der Waals surface area contributed by atoms with E-state index in [1.54, 1.807) is 19.1 Å². The van der Waals surface area contributed by atoms with Crippen LogP contribution in [-0.2, 0) is 22.5 Å². The van der Waals surface area contributed by atoms with Crippen molar-refractivity contribution in [2.75, 3.05) is 18.1 Å². The molecular weight excluding hydrogens is 447 g/mol. The minimum atomic E-state index is -5.00. The van der Waals surface area contributed by atoms with Crippen molar-refractivity contribution in [3.63, 3.8) is 0 Å². The van der Waals surface area contributed by atoms with E-state index in [0.29, 0.717) is 29.2 Å². The van der Waals surface area contributed by atoms with Gasteiger partial charge in [0.1, 0.15) is 17.6 Å². The first-order valence-corrected chi connectivity index (χ1v) is 10.3. The molecule has 0 amide bonds. The van der Waals surface area contributed by atoms with Crippen molar-refractivity contribution in [3.8, 4) is 11.8 Å². The molecule has 0 bridgehead atoms. The predicted octanol–water partition coefficient (Wildman–Crippen LogP) is 4.96. The second-order valence-corrected chi connectivity index (χ2v) is 7.94. The van der Waals surface area contributed by atoms with Gasteiger partial charge in [0.15, 0.2) is 5.82 Å². The summed E-state index contributed by atoms with van der Waals surface area (Å²) in [5, 5.41) is 9.11. The van der Waals surface area contributed by atoms with Gasteiger partial charge in [0.25, 0.3) is 0 Å². The molecule has 5 nitrogen and oxygen atoms in total. The van der Waals surface area contributed by atoms with Gasteiger partial charge in [0.05, 0.1) is 23.8 Å². The van der Waals surface area contributed by atoms with E-state index >= 15 is 4.39 Å². The SMILES string of the molecule is CCOC(=O)[C@H]1C[C@@H]1c1ccc2c(c1F)CCN(c1cc(OC(F)(F)F)cc(C#N)c1F)C2. The summed E-state index contributed by atoms with van der Waals surface area (Å²) in [4.78, 5) is 13.3. The third-order valence-corrected chi connectivity index (χ3v) is 5.86. The van der Waals surface area contributed by atoms with Gasteiger partial charge in [-0.15, -0.1) is 13.2 Å². The highest BCUT2D eigenvalue weighted by atomic mass is 19.4. The van der Waals surface area contributed by atoms with Crippen LogP contribution in [0.2, 0.25) is 0 Å². The Labute approximate surface area is 186 Å². The third kappa shape index (κ3) is 4.58. The van der Waals surface area contributed by atoms with Gasteiger partial charge in [-0.25, -0.2) is 8.78 Å². The number of anilines is 1. The Morgan fingerprint density at radius 3 is 2.67 bits per heavy atom. The van der Waals surface area contributed by atoms with Crippen molar-refractivity contribution in [2.24, 2.45) is 5.92 Å². The molecule has 2 aromatic carbocycles. The van der Waals surface area contributed by atoms with E-state index in [1.807, 2.05) is 0 Å². The van der Waals surface area contributed by atoms with E-state index in [4.69, 9.17) is 10.00 Å². The predicted molar refractivity (Wildman–Crippen MR) is 106 cm³/mol. The summed E-state index contributed by atoms with van der Waals surface area (Å²) in [6, 6.07) is 6.37. The van der Waals surface area contributed by atoms with E-state index in [-0.39, 0.29) is 49.6 Å². The highest BCUT2D eigenvalue weighted by Crippen LogP contribution is 2.50. The molecule has 2 aliphatic rings. The molecular formula is C23H19F5N2O3. The lowest BCUT2D eigenvalue weighted by Gasteiger charge is -2.32. The van der Waals surface area contributed by atoms with Crippen molar-refractivity contribution < 1.29 is 36.2 Å². The van der Waals surface area contributed by atoms with E-state index < -0.39 is 29.3 Å². The number of carbonyl (C=O) groups is 1. The summed E-state index contributed by atoms with van der Waals surface area (Å²) in [5.41, 5.74) is 0.599. The van der Waals surface area contributed by atoms with E-state index in [9.17, 15) is 22.4 Å². The van der Waals surface area contributed by atoms with Gasteiger partial charge in [-0.05, 0) is 36.5 Å². The van der Waals surface area contributed by atoms with Crippen molar-refractivity contribution in [2.45, 2.75) is 38.6 Å². The molecule has 1 saturated carbocycles. The number of ether oxygens (including phenoxy) is 2. The molecule has 174 valence electrons. The van der Waals surface area contributed by atoms with Gasteiger partial charge in [-0.3, -0.25) is 4.79 Å². The fourth-order valence-corrected chi connectivity index (χ4v) is 4.26. The van der Waals surface area contributed by atoms with Crippen molar-refractivity contribution >= 4 is 11.7 Å². The molecule has 0 unspecified atom stereocenters. The Balaban J connectivity index is 1.59. The van der Waals surface area contributed by atoms with E-state index in [2.05, 4.69) is 4.74 Å². The molecule has 0 spiro atoms. The Morgan fingerprint density at radius 2 is 2.00 bits per heavy atom. The molecule has 1 aliphatic heterocycles. The standard InChI is InChI=1S/C23H19F5N2O3/c1-2-32-22(31)18-9-17(18)16-4-3-12-11-30(6-5-15(12)21(16)25)19-8-14(33-23(26,27)28)7-13(10-29)20(19)24/h3-4,7-8,17-18H,2,5-6,9,11H2,1H3/t17-,18+/m1/s1. The van der Waals surface area contributed by atoms with Gasteiger partial charge < -0.3 is 14.4 Å². The van der Waals surface area contributed by atoms with Gasteiger partial charge in [0.2, 0.25) is 0 Å². The number of fused-ring (bicyclic) bond motifs is 1. The van der Waals surface area contributed by atoms with E-state index in [0.717, 1.165) is 6.07 Å². The normalized spacial score (nSPS) is 19.5. The Bertz CT molecular complexity index is 1140. The lowest BCUT2D eigenvalue weighted by atomic mass is 9.94. The van der Waals surface area contributed by atoms with Crippen molar-refractivity contribution in [1.82, 2.24) is 0 Å². The monoisotopic (exact) mass is 466 g/mol. The average molecular weight is 466 g/mol. The summed E-state index contributed by atoms with van der Waals surface area (Å²) >= 11 is 0. The Morgan fingerprint density at radius 1 is 1.24 bits per heavy atom. The number of nitrogens with zero attached hydrogens (tertiary/aromatic N) is 2.